The lowest BCUT2D eigenvalue weighted by atomic mass is 10.0. The second-order valence-corrected chi connectivity index (χ2v) is 4.87. The Hall–Kier alpha value is -1.82. The summed E-state index contributed by atoms with van der Waals surface area (Å²) in [5, 5.41) is 4.36. The van der Waals surface area contributed by atoms with E-state index in [0.29, 0.717) is 11.4 Å². The van der Waals surface area contributed by atoms with Crippen LogP contribution in [-0.4, -0.2) is 20.8 Å². The van der Waals surface area contributed by atoms with Crippen LogP contribution in [0.2, 0.25) is 0 Å². The molecule has 0 aliphatic carbocycles. The van der Waals surface area contributed by atoms with Crippen LogP contribution in [0.25, 0.3) is 11.4 Å². The average Bonchev–Trinajstić information content (AvgIpc) is 2.82. The third-order valence-electron chi connectivity index (χ3n) is 3.59. The van der Waals surface area contributed by atoms with Crippen molar-refractivity contribution in [1.29, 1.82) is 0 Å². The molecule has 1 aromatic heterocycles. The largest absolute Gasteiger partial charge is 0.326 e. The highest BCUT2D eigenvalue weighted by molar-refractivity contribution is 5.54. The van der Waals surface area contributed by atoms with Gasteiger partial charge in [0, 0.05) is 18.0 Å². The lowest BCUT2D eigenvalue weighted by Gasteiger charge is -2.25. The molecule has 2 N–H and O–H groups in total. The van der Waals surface area contributed by atoms with E-state index in [-0.39, 0.29) is 12.1 Å². The van der Waals surface area contributed by atoms with Crippen molar-refractivity contribution in [2.45, 2.75) is 31.8 Å². The number of aryl methyl sites for hydroxylation is 1. The molecule has 0 saturated carbocycles. The SMILES string of the molecule is CC1C(N)CCc2nc(-c3ccc(F)c(F)c3)nn21. The van der Waals surface area contributed by atoms with Crippen LogP contribution in [0.3, 0.4) is 0 Å². The highest BCUT2D eigenvalue weighted by Gasteiger charge is 2.26. The molecule has 2 atom stereocenters. The third-order valence-corrected chi connectivity index (χ3v) is 3.59. The van der Waals surface area contributed by atoms with Gasteiger partial charge in [0.25, 0.3) is 0 Å². The van der Waals surface area contributed by atoms with Gasteiger partial charge in [0.1, 0.15) is 5.82 Å². The lowest BCUT2D eigenvalue weighted by Crippen LogP contribution is -2.36. The summed E-state index contributed by atoms with van der Waals surface area (Å²) in [5.74, 6) is -0.512. The van der Waals surface area contributed by atoms with Crippen molar-refractivity contribution in [3.05, 3.63) is 35.7 Å². The van der Waals surface area contributed by atoms with Crippen molar-refractivity contribution >= 4 is 0 Å². The maximum absolute atomic E-state index is 13.2. The number of fused-ring (bicyclic) bond motifs is 1. The van der Waals surface area contributed by atoms with E-state index in [0.717, 1.165) is 30.8 Å². The molecule has 1 aliphatic rings. The number of hydrogen-bond acceptors (Lipinski definition) is 3. The monoisotopic (exact) mass is 264 g/mol. The Morgan fingerprint density at radius 3 is 2.84 bits per heavy atom. The molecule has 2 unspecified atom stereocenters. The van der Waals surface area contributed by atoms with Crippen molar-refractivity contribution in [3.8, 4) is 11.4 Å². The number of halogens is 2. The van der Waals surface area contributed by atoms with E-state index in [2.05, 4.69) is 10.1 Å². The fraction of sp³-hybridized carbons (Fsp3) is 0.385. The van der Waals surface area contributed by atoms with Gasteiger partial charge in [0.15, 0.2) is 17.5 Å². The molecule has 19 heavy (non-hydrogen) atoms. The first-order valence-electron chi connectivity index (χ1n) is 6.22. The van der Waals surface area contributed by atoms with Crippen molar-refractivity contribution in [2.75, 3.05) is 0 Å². The van der Waals surface area contributed by atoms with Crippen LogP contribution in [-0.2, 0) is 6.42 Å². The molecule has 1 aliphatic heterocycles. The van der Waals surface area contributed by atoms with Gasteiger partial charge in [-0.3, -0.25) is 0 Å². The normalized spacial score (nSPS) is 22.3. The summed E-state index contributed by atoms with van der Waals surface area (Å²) in [7, 11) is 0. The first-order chi connectivity index (χ1) is 9.06. The highest BCUT2D eigenvalue weighted by atomic mass is 19.2. The zero-order chi connectivity index (χ0) is 13.6. The van der Waals surface area contributed by atoms with Crippen LogP contribution in [0.1, 0.15) is 25.2 Å². The molecular weight excluding hydrogens is 250 g/mol. The van der Waals surface area contributed by atoms with Crippen LogP contribution >= 0.6 is 0 Å². The van der Waals surface area contributed by atoms with E-state index >= 15 is 0 Å². The van der Waals surface area contributed by atoms with Crippen molar-refractivity contribution in [1.82, 2.24) is 14.8 Å². The number of aromatic nitrogens is 3. The van der Waals surface area contributed by atoms with Gasteiger partial charge >= 0.3 is 0 Å². The third kappa shape index (κ3) is 2.02. The molecule has 0 fully saturated rings. The Labute approximate surface area is 109 Å². The number of benzene rings is 1. The molecule has 2 heterocycles. The van der Waals surface area contributed by atoms with Crippen LogP contribution in [0.4, 0.5) is 8.78 Å². The van der Waals surface area contributed by atoms with Gasteiger partial charge in [0.05, 0.1) is 6.04 Å². The fourth-order valence-electron chi connectivity index (χ4n) is 2.33. The second kappa shape index (κ2) is 4.38. The summed E-state index contributed by atoms with van der Waals surface area (Å²) >= 11 is 0. The Kier molecular flexibility index (Phi) is 2.82. The summed E-state index contributed by atoms with van der Waals surface area (Å²) in [5.41, 5.74) is 6.46. The molecule has 0 bridgehead atoms. The summed E-state index contributed by atoms with van der Waals surface area (Å²) in [6, 6.07) is 3.79. The topological polar surface area (TPSA) is 56.7 Å². The van der Waals surface area contributed by atoms with E-state index in [1.165, 1.54) is 6.07 Å². The number of nitrogens with two attached hydrogens (primary N) is 1. The second-order valence-electron chi connectivity index (χ2n) is 4.87. The summed E-state index contributed by atoms with van der Waals surface area (Å²) in [4.78, 5) is 4.38. The van der Waals surface area contributed by atoms with E-state index < -0.39 is 11.6 Å². The van der Waals surface area contributed by atoms with Gasteiger partial charge in [-0.05, 0) is 31.5 Å². The van der Waals surface area contributed by atoms with Gasteiger partial charge in [-0.25, -0.2) is 18.4 Å². The first-order valence-corrected chi connectivity index (χ1v) is 6.22. The van der Waals surface area contributed by atoms with Gasteiger partial charge < -0.3 is 5.73 Å². The minimum absolute atomic E-state index is 0.0482. The van der Waals surface area contributed by atoms with Gasteiger partial charge in [-0.2, -0.15) is 5.10 Å². The first kappa shape index (κ1) is 12.2. The van der Waals surface area contributed by atoms with Crippen LogP contribution in [0.5, 0.6) is 0 Å². The fourth-order valence-corrected chi connectivity index (χ4v) is 2.33. The molecule has 0 spiro atoms. The predicted octanol–water partition coefficient (Wildman–Crippen LogP) is 2.06. The Balaban J connectivity index is 2.03. The lowest BCUT2D eigenvalue weighted by molar-refractivity contribution is 0.339. The molecule has 4 nitrogen and oxygen atoms in total. The van der Waals surface area contributed by atoms with Gasteiger partial charge in [-0.1, -0.05) is 0 Å². The maximum Gasteiger partial charge on any atom is 0.181 e. The zero-order valence-electron chi connectivity index (χ0n) is 10.5. The van der Waals surface area contributed by atoms with E-state index in [9.17, 15) is 8.78 Å². The number of hydrogen-bond donors (Lipinski definition) is 1. The number of rotatable bonds is 1. The average molecular weight is 264 g/mol. The molecule has 1 aromatic carbocycles. The quantitative estimate of drug-likeness (QED) is 0.857. The molecule has 0 radical (unpaired) electrons. The summed E-state index contributed by atoms with van der Waals surface area (Å²) in [6.07, 6.45) is 1.61. The van der Waals surface area contributed by atoms with Gasteiger partial charge in [-0.15, -0.1) is 0 Å². The molecular formula is C13H14F2N4. The van der Waals surface area contributed by atoms with Crippen molar-refractivity contribution in [3.63, 3.8) is 0 Å². The minimum Gasteiger partial charge on any atom is -0.326 e. The Bertz CT molecular complexity index is 623. The molecule has 2 aromatic rings. The van der Waals surface area contributed by atoms with E-state index in [1.807, 2.05) is 6.92 Å². The van der Waals surface area contributed by atoms with Crippen molar-refractivity contribution in [2.24, 2.45) is 5.73 Å². The smallest absolute Gasteiger partial charge is 0.181 e. The predicted molar refractivity (Wildman–Crippen MR) is 66.4 cm³/mol. The van der Waals surface area contributed by atoms with Crippen LogP contribution in [0, 0.1) is 11.6 Å². The molecule has 3 rings (SSSR count). The Morgan fingerprint density at radius 2 is 2.11 bits per heavy atom. The standard InChI is InChI=1S/C13H14F2N4/c1-7-11(16)4-5-12-17-13(18-19(7)12)8-2-3-9(14)10(15)6-8/h2-3,6-7,11H,4-5,16H2,1H3. The number of nitrogens with zero attached hydrogens (tertiary/aromatic N) is 3. The Morgan fingerprint density at radius 1 is 1.32 bits per heavy atom. The maximum atomic E-state index is 13.2. The van der Waals surface area contributed by atoms with Gasteiger partial charge in [0.2, 0.25) is 0 Å². The summed E-state index contributed by atoms with van der Waals surface area (Å²) in [6.45, 7) is 1.98. The van der Waals surface area contributed by atoms with Crippen LogP contribution in [0.15, 0.2) is 18.2 Å². The van der Waals surface area contributed by atoms with Crippen LogP contribution < -0.4 is 5.73 Å². The zero-order valence-corrected chi connectivity index (χ0v) is 10.5. The van der Waals surface area contributed by atoms with E-state index in [1.54, 1.807) is 4.68 Å². The molecule has 0 amide bonds. The molecule has 100 valence electrons. The molecule has 0 saturated heterocycles. The van der Waals surface area contributed by atoms with E-state index in [4.69, 9.17) is 5.73 Å². The summed E-state index contributed by atoms with van der Waals surface area (Å²) < 4.78 is 27.9. The minimum atomic E-state index is -0.893. The highest BCUT2D eigenvalue weighted by Crippen LogP contribution is 2.25. The van der Waals surface area contributed by atoms with Crippen molar-refractivity contribution < 1.29 is 8.78 Å². The molecule has 6 heteroatoms.